The van der Waals surface area contributed by atoms with Gasteiger partial charge in [0.05, 0.1) is 23.7 Å². The molecule has 13 nitrogen and oxygen atoms in total. The molecule has 13 heteroatoms. The Morgan fingerprint density at radius 2 is 1.76 bits per heavy atom. The molecule has 6 rings (SSSR count). The van der Waals surface area contributed by atoms with E-state index in [1.807, 2.05) is 25.1 Å². The summed E-state index contributed by atoms with van der Waals surface area (Å²) in [6.45, 7) is 4.31. The first-order valence-corrected chi connectivity index (χ1v) is 15.4. The highest BCUT2D eigenvalue weighted by molar-refractivity contribution is 6.25. The van der Waals surface area contributed by atoms with Crippen molar-refractivity contribution in [1.82, 2.24) is 14.7 Å². The van der Waals surface area contributed by atoms with Gasteiger partial charge in [0.2, 0.25) is 5.78 Å². The van der Waals surface area contributed by atoms with Crippen molar-refractivity contribution >= 4 is 23.2 Å². The van der Waals surface area contributed by atoms with Crippen LogP contribution >= 0.6 is 0 Å². The molecule has 4 atom stereocenters. The molecule has 246 valence electrons. The fraction of sp³-hybridized carbons (Fsp3) is 0.485. The van der Waals surface area contributed by atoms with Crippen LogP contribution in [-0.2, 0) is 22.6 Å². The number of carbonyl (C=O) groups is 3. The number of ketones is 2. The van der Waals surface area contributed by atoms with Crippen LogP contribution < -0.4 is 10.6 Å². The van der Waals surface area contributed by atoms with E-state index in [2.05, 4.69) is 16.8 Å². The predicted octanol–water partition coefficient (Wildman–Crippen LogP) is 1.19. The number of allylic oxidation sites excluding steroid dienone is 1. The summed E-state index contributed by atoms with van der Waals surface area (Å²) in [5.41, 5.74) is 3.15. The van der Waals surface area contributed by atoms with Gasteiger partial charge in [0, 0.05) is 57.5 Å². The van der Waals surface area contributed by atoms with Gasteiger partial charge < -0.3 is 40.4 Å². The van der Waals surface area contributed by atoms with Crippen molar-refractivity contribution in [1.29, 1.82) is 0 Å². The van der Waals surface area contributed by atoms with Crippen molar-refractivity contribution in [2.75, 3.05) is 66.3 Å². The number of aliphatic hydroxyl groups is 3. The molecule has 0 unspecified atom stereocenters. The van der Waals surface area contributed by atoms with Crippen LogP contribution in [0.5, 0.6) is 5.75 Å². The first-order valence-electron chi connectivity index (χ1n) is 15.4. The smallest absolute Gasteiger partial charge is 0.255 e. The Morgan fingerprint density at radius 1 is 1.09 bits per heavy atom. The molecule has 3 aliphatic carbocycles. The van der Waals surface area contributed by atoms with Gasteiger partial charge in [-0.15, -0.1) is 0 Å². The lowest BCUT2D eigenvalue weighted by Crippen LogP contribution is -2.63. The number of piperazine rings is 1. The number of likely N-dealkylation sites (N-methyl/N-ethyl adjacent to an activating group) is 2. The Balaban J connectivity index is 1.45. The molecule has 0 bridgehead atoms. The Hall–Kier alpha value is -4.17. The Morgan fingerprint density at radius 3 is 2.37 bits per heavy atom. The number of aliphatic hydroxyl groups excluding tert-OH is 2. The Kier molecular flexibility index (Phi) is 7.79. The number of aromatic hydroxyl groups is 1. The number of Topliss-reactive ketones (excluding diaryl/α,β-unsaturated/α-hetero) is 2. The number of anilines is 1. The van der Waals surface area contributed by atoms with Crippen LogP contribution in [0.2, 0.25) is 0 Å². The highest BCUT2D eigenvalue weighted by atomic mass is 16.4. The summed E-state index contributed by atoms with van der Waals surface area (Å²) in [5, 5.41) is 46.2. The zero-order chi connectivity index (χ0) is 33.4. The average molecular weight is 636 g/mol. The van der Waals surface area contributed by atoms with Gasteiger partial charge in [0.1, 0.15) is 34.4 Å². The topological polar surface area (TPSA) is 184 Å². The SMILES string of the molecule is CN1CCN(Cc2ccc(-c3cc(N(C)C)c4c(c3O)C(=O)C3=C(O)[C@@]5(O)C(=O)C(C(N)=O)=C(O)[C@@H](N(C)C)[C@@H]5C[C@@H]3C4)o2)CC1. The van der Waals surface area contributed by atoms with Gasteiger partial charge in [-0.2, -0.15) is 0 Å². The molecule has 2 aromatic rings. The third kappa shape index (κ3) is 4.72. The van der Waals surface area contributed by atoms with Gasteiger partial charge in [0.25, 0.3) is 5.91 Å². The molecule has 46 heavy (non-hydrogen) atoms. The molecule has 1 aromatic carbocycles. The molecule has 4 aliphatic rings. The molecule has 6 N–H and O–H groups in total. The number of amides is 1. The second-order valence-electron chi connectivity index (χ2n) is 13.3. The number of phenols is 1. The molecule has 0 radical (unpaired) electrons. The summed E-state index contributed by atoms with van der Waals surface area (Å²) in [6, 6.07) is 4.32. The van der Waals surface area contributed by atoms with E-state index in [-0.39, 0.29) is 35.3 Å². The minimum atomic E-state index is -2.69. The maximum absolute atomic E-state index is 14.3. The molecular weight excluding hydrogens is 594 g/mol. The minimum Gasteiger partial charge on any atom is -0.510 e. The van der Waals surface area contributed by atoms with E-state index >= 15 is 0 Å². The predicted molar refractivity (Wildman–Crippen MR) is 168 cm³/mol. The van der Waals surface area contributed by atoms with Crippen LogP contribution in [0, 0.1) is 11.8 Å². The molecule has 1 fully saturated rings. The van der Waals surface area contributed by atoms with Gasteiger partial charge in [-0.1, -0.05) is 0 Å². The Bertz CT molecular complexity index is 1700. The second-order valence-corrected chi connectivity index (χ2v) is 13.3. The largest absolute Gasteiger partial charge is 0.510 e. The average Bonchev–Trinajstić information content (AvgIpc) is 3.44. The summed E-state index contributed by atoms with van der Waals surface area (Å²) < 4.78 is 6.18. The van der Waals surface area contributed by atoms with Crippen LogP contribution in [0.4, 0.5) is 5.69 Å². The van der Waals surface area contributed by atoms with E-state index in [1.54, 1.807) is 26.2 Å². The molecule has 0 spiro atoms. The number of carbonyl (C=O) groups excluding carboxylic acids is 3. The van der Waals surface area contributed by atoms with E-state index in [1.165, 1.54) is 4.90 Å². The third-order valence-electron chi connectivity index (χ3n) is 10.1. The summed E-state index contributed by atoms with van der Waals surface area (Å²) in [4.78, 5) is 48.1. The normalized spacial score (nSPS) is 27.2. The van der Waals surface area contributed by atoms with Crippen LogP contribution in [0.1, 0.15) is 28.1 Å². The van der Waals surface area contributed by atoms with Crippen molar-refractivity contribution in [3.63, 3.8) is 0 Å². The zero-order valence-corrected chi connectivity index (χ0v) is 26.7. The van der Waals surface area contributed by atoms with Crippen molar-refractivity contribution in [2.24, 2.45) is 17.6 Å². The summed E-state index contributed by atoms with van der Waals surface area (Å²) in [7, 11) is 8.92. The van der Waals surface area contributed by atoms with E-state index < -0.39 is 58.0 Å². The van der Waals surface area contributed by atoms with Gasteiger partial charge in [-0.25, -0.2) is 0 Å². The Labute approximate surface area is 266 Å². The van der Waals surface area contributed by atoms with Crippen molar-refractivity contribution in [3.8, 4) is 17.1 Å². The molecule has 1 saturated heterocycles. The quantitative estimate of drug-likeness (QED) is 0.286. The number of fused-ring (bicyclic) bond motifs is 3. The number of furan rings is 1. The summed E-state index contributed by atoms with van der Waals surface area (Å²) >= 11 is 0. The molecule has 1 amide bonds. The number of hydrogen-bond acceptors (Lipinski definition) is 12. The molecule has 2 heterocycles. The van der Waals surface area contributed by atoms with Crippen molar-refractivity contribution in [3.05, 3.63) is 57.8 Å². The lowest BCUT2D eigenvalue weighted by atomic mass is 9.58. The number of phenolic OH excluding ortho intramolecular Hbond substituents is 1. The maximum atomic E-state index is 14.3. The van der Waals surface area contributed by atoms with Crippen molar-refractivity contribution in [2.45, 2.75) is 31.0 Å². The number of nitrogens with two attached hydrogens (primary N) is 1. The first kappa shape index (κ1) is 31.8. The highest BCUT2D eigenvalue weighted by Crippen LogP contribution is 2.54. The van der Waals surface area contributed by atoms with Crippen molar-refractivity contribution < 1.29 is 39.2 Å². The fourth-order valence-corrected chi connectivity index (χ4v) is 7.72. The van der Waals surface area contributed by atoms with E-state index in [9.17, 15) is 34.8 Å². The maximum Gasteiger partial charge on any atom is 0.255 e. The van der Waals surface area contributed by atoms with Gasteiger partial charge in [-0.3, -0.25) is 24.2 Å². The number of primary amides is 1. The van der Waals surface area contributed by atoms with Crippen LogP contribution in [0.3, 0.4) is 0 Å². The number of nitrogens with zero attached hydrogens (tertiary/aromatic N) is 4. The zero-order valence-electron chi connectivity index (χ0n) is 26.7. The van der Waals surface area contributed by atoms with Gasteiger partial charge in [-0.05, 0) is 63.7 Å². The van der Waals surface area contributed by atoms with Gasteiger partial charge in [0.15, 0.2) is 11.4 Å². The third-order valence-corrected chi connectivity index (χ3v) is 10.1. The number of benzene rings is 1. The van der Waals surface area contributed by atoms with Crippen LogP contribution in [-0.4, -0.2) is 126 Å². The lowest BCUT2D eigenvalue weighted by Gasteiger charge is -2.50. The summed E-state index contributed by atoms with van der Waals surface area (Å²) in [6.07, 6.45) is 0.220. The first-order chi connectivity index (χ1) is 21.7. The number of rotatable bonds is 6. The fourth-order valence-electron chi connectivity index (χ4n) is 7.72. The van der Waals surface area contributed by atoms with Crippen LogP contribution in [0.25, 0.3) is 11.3 Å². The molecule has 1 aromatic heterocycles. The number of hydrogen-bond donors (Lipinski definition) is 5. The van der Waals surface area contributed by atoms with E-state index in [0.717, 1.165) is 26.2 Å². The molecule has 1 aliphatic heterocycles. The minimum absolute atomic E-state index is 0.0228. The second kappa shape index (κ2) is 11.3. The monoisotopic (exact) mass is 635 g/mol. The lowest BCUT2D eigenvalue weighted by molar-refractivity contribution is -0.148. The molecule has 0 saturated carbocycles. The highest BCUT2D eigenvalue weighted by Gasteiger charge is 2.63. The van der Waals surface area contributed by atoms with Crippen LogP contribution in [0.15, 0.2) is 45.3 Å². The molecular formula is C33H41N5O8. The summed E-state index contributed by atoms with van der Waals surface area (Å²) in [5.74, 6) is -5.76. The van der Waals surface area contributed by atoms with E-state index in [4.69, 9.17) is 10.2 Å². The van der Waals surface area contributed by atoms with E-state index in [0.29, 0.717) is 29.3 Å². The van der Waals surface area contributed by atoms with Gasteiger partial charge >= 0.3 is 0 Å². The standard InChI is InChI=1S/C33H41N5O8/c1-35(2)21-14-19(22-7-6-17(46-22)15-38-10-8-37(5)9-11-38)27(39)24-18(21)12-16-13-20-26(36(3)4)29(41)25(32(34)44)31(43)33(20,45)30(42)23(16)28(24)40/h6-7,14,16,20,26,39,41-42,45H,8-13,15H2,1-5H3,(H2,34,44)/t16-,20-,26-,33+/m0/s1.